The summed E-state index contributed by atoms with van der Waals surface area (Å²) in [6.07, 6.45) is 1.55. The third kappa shape index (κ3) is 4.89. The van der Waals surface area contributed by atoms with Crippen molar-refractivity contribution in [3.8, 4) is 5.82 Å². The normalized spacial score (nSPS) is 11.4. The summed E-state index contributed by atoms with van der Waals surface area (Å²) in [6.45, 7) is 0. The van der Waals surface area contributed by atoms with Crippen LogP contribution in [0.3, 0.4) is 0 Å². The standard InChI is InChI=1S/C22H20N10O2S2/c1-31(2)14-9-7-13(8-10-14)11-24-27-21(33)18-16(32(30-26-18)20-19(23)28-34-29-20)12-35-22-25-15-5-3-4-6-17(15)36-22/h3-11H,12H2,1-2H3,(H2,23,28)(H,27,33)/b24-11+. The lowest BCUT2D eigenvalue weighted by molar-refractivity contribution is 0.0949. The van der Waals surface area contributed by atoms with Crippen LogP contribution in [0.1, 0.15) is 21.7 Å². The molecule has 0 fully saturated rings. The van der Waals surface area contributed by atoms with Crippen LogP contribution in [0.15, 0.2) is 62.6 Å². The van der Waals surface area contributed by atoms with E-state index >= 15 is 0 Å². The van der Waals surface area contributed by atoms with E-state index in [-0.39, 0.29) is 17.3 Å². The molecule has 12 nitrogen and oxygen atoms in total. The second kappa shape index (κ2) is 10.1. The molecule has 182 valence electrons. The number of hydrogen-bond donors (Lipinski definition) is 2. The number of nitrogen functional groups attached to an aromatic ring is 1. The number of thioether (sulfide) groups is 1. The van der Waals surface area contributed by atoms with Crippen molar-refractivity contribution in [2.24, 2.45) is 5.10 Å². The van der Waals surface area contributed by atoms with Gasteiger partial charge < -0.3 is 10.6 Å². The first-order valence-corrected chi connectivity index (χ1v) is 12.4. The minimum Gasteiger partial charge on any atom is -0.378 e. The minimum absolute atomic E-state index is 0.0253. The smallest absolute Gasteiger partial charge is 0.293 e. The lowest BCUT2D eigenvalue weighted by Gasteiger charge is -2.11. The predicted octanol–water partition coefficient (Wildman–Crippen LogP) is 2.96. The van der Waals surface area contributed by atoms with E-state index in [1.54, 1.807) is 17.6 Å². The molecule has 0 radical (unpaired) electrons. The van der Waals surface area contributed by atoms with Crippen molar-refractivity contribution in [3.05, 3.63) is 65.5 Å². The highest BCUT2D eigenvalue weighted by atomic mass is 32.2. The molecule has 0 aliphatic heterocycles. The SMILES string of the molecule is CN(C)c1ccc(/C=N/NC(=O)c2nnn(-c3nonc3N)c2CSc2nc3ccccc3s2)cc1. The fourth-order valence-electron chi connectivity index (χ4n) is 3.24. The highest BCUT2D eigenvalue weighted by Crippen LogP contribution is 2.32. The maximum absolute atomic E-state index is 13.0. The molecule has 3 N–H and O–H groups in total. The third-order valence-corrected chi connectivity index (χ3v) is 7.26. The third-order valence-electron chi connectivity index (χ3n) is 5.07. The van der Waals surface area contributed by atoms with E-state index in [0.29, 0.717) is 11.4 Å². The Morgan fingerprint density at radius 2 is 2.03 bits per heavy atom. The highest BCUT2D eigenvalue weighted by Gasteiger charge is 2.24. The molecule has 0 bridgehead atoms. The number of rotatable bonds is 8. The molecule has 0 aliphatic carbocycles. The van der Waals surface area contributed by atoms with Crippen LogP contribution in [0.2, 0.25) is 0 Å². The van der Waals surface area contributed by atoms with Crippen molar-refractivity contribution >= 4 is 56.9 Å². The summed E-state index contributed by atoms with van der Waals surface area (Å²) in [4.78, 5) is 19.6. The monoisotopic (exact) mass is 520 g/mol. The first kappa shape index (κ1) is 23.4. The summed E-state index contributed by atoms with van der Waals surface area (Å²) in [7, 11) is 3.93. The first-order valence-electron chi connectivity index (χ1n) is 10.6. The lowest BCUT2D eigenvalue weighted by atomic mass is 10.2. The Balaban J connectivity index is 1.37. The zero-order valence-electron chi connectivity index (χ0n) is 19.2. The molecule has 1 amide bonds. The Labute approximate surface area is 213 Å². The van der Waals surface area contributed by atoms with E-state index in [2.05, 4.69) is 36.1 Å². The summed E-state index contributed by atoms with van der Waals surface area (Å²) < 4.78 is 7.95. The van der Waals surface area contributed by atoms with Gasteiger partial charge >= 0.3 is 0 Å². The van der Waals surface area contributed by atoms with E-state index in [1.165, 1.54) is 16.4 Å². The molecule has 0 atom stereocenters. The van der Waals surface area contributed by atoms with Gasteiger partial charge in [-0.15, -0.1) is 16.4 Å². The Morgan fingerprint density at radius 1 is 1.22 bits per heavy atom. The number of nitrogens with two attached hydrogens (primary N) is 1. The number of fused-ring (bicyclic) bond motifs is 1. The molecule has 5 aromatic rings. The summed E-state index contributed by atoms with van der Waals surface area (Å²) in [5.74, 6) is -0.0435. The van der Waals surface area contributed by atoms with Gasteiger partial charge in [0.25, 0.3) is 5.91 Å². The highest BCUT2D eigenvalue weighted by molar-refractivity contribution is 8.00. The van der Waals surface area contributed by atoms with Crippen LogP contribution in [0.5, 0.6) is 0 Å². The maximum Gasteiger partial charge on any atom is 0.293 e. The molecular formula is C22H20N10O2S2. The van der Waals surface area contributed by atoms with E-state index in [4.69, 9.17) is 10.4 Å². The fourth-order valence-corrected chi connectivity index (χ4v) is 5.30. The van der Waals surface area contributed by atoms with Crippen molar-refractivity contribution < 1.29 is 9.42 Å². The molecule has 0 unspecified atom stereocenters. The average molecular weight is 521 g/mol. The van der Waals surface area contributed by atoms with Gasteiger partial charge in [-0.2, -0.15) is 9.78 Å². The number of para-hydroxylation sites is 1. The van der Waals surface area contributed by atoms with E-state index in [1.807, 2.05) is 67.5 Å². The quantitative estimate of drug-likeness (QED) is 0.177. The van der Waals surface area contributed by atoms with Gasteiger partial charge in [0.05, 0.1) is 22.1 Å². The molecule has 36 heavy (non-hydrogen) atoms. The zero-order chi connectivity index (χ0) is 25.1. The fraction of sp³-hybridized carbons (Fsp3) is 0.136. The Kier molecular flexibility index (Phi) is 6.60. The van der Waals surface area contributed by atoms with Crippen LogP contribution in [0.25, 0.3) is 16.0 Å². The van der Waals surface area contributed by atoms with Gasteiger partial charge in [0, 0.05) is 25.5 Å². The van der Waals surface area contributed by atoms with E-state index in [9.17, 15) is 4.79 Å². The Bertz CT molecular complexity index is 1510. The van der Waals surface area contributed by atoms with Crippen molar-refractivity contribution in [1.29, 1.82) is 0 Å². The van der Waals surface area contributed by atoms with Crippen LogP contribution in [-0.4, -0.2) is 56.5 Å². The number of carbonyl (C=O) groups is 1. The summed E-state index contributed by atoms with van der Waals surface area (Å²) in [5, 5.41) is 19.6. The first-order chi connectivity index (χ1) is 17.5. The van der Waals surface area contributed by atoms with Gasteiger partial charge in [-0.3, -0.25) is 4.79 Å². The largest absolute Gasteiger partial charge is 0.378 e. The number of nitrogens with one attached hydrogen (secondary N) is 1. The molecule has 2 aromatic carbocycles. The summed E-state index contributed by atoms with van der Waals surface area (Å²) in [6, 6.07) is 15.6. The number of carbonyl (C=O) groups excluding carboxylic acids is 1. The van der Waals surface area contributed by atoms with Crippen LogP contribution < -0.4 is 16.1 Å². The van der Waals surface area contributed by atoms with Crippen LogP contribution in [0.4, 0.5) is 11.5 Å². The molecule has 0 aliphatic rings. The number of hydrogen-bond acceptors (Lipinski definition) is 12. The van der Waals surface area contributed by atoms with E-state index in [0.717, 1.165) is 25.8 Å². The van der Waals surface area contributed by atoms with Gasteiger partial charge in [-0.05, 0) is 40.1 Å². The summed E-state index contributed by atoms with van der Waals surface area (Å²) in [5.41, 5.74) is 11.7. The van der Waals surface area contributed by atoms with Gasteiger partial charge in [0.15, 0.2) is 10.0 Å². The topological polar surface area (TPSA) is 153 Å². The lowest BCUT2D eigenvalue weighted by Crippen LogP contribution is -2.20. The van der Waals surface area contributed by atoms with Crippen molar-refractivity contribution in [3.63, 3.8) is 0 Å². The second-order valence-electron chi connectivity index (χ2n) is 7.69. The molecule has 3 heterocycles. The number of aromatic nitrogens is 6. The minimum atomic E-state index is -0.530. The Hall–Kier alpha value is -4.30. The van der Waals surface area contributed by atoms with Gasteiger partial charge in [-0.1, -0.05) is 41.2 Å². The number of benzene rings is 2. The van der Waals surface area contributed by atoms with Crippen LogP contribution in [0, 0.1) is 0 Å². The molecule has 3 aromatic heterocycles. The molecular weight excluding hydrogens is 500 g/mol. The van der Waals surface area contributed by atoms with Gasteiger partial charge in [0.2, 0.25) is 11.6 Å². The molecule has 0 spiro atoms. The molecule has 0 saturated carbocycles. The molecule has 14 heteroatoms. The number of thiazole rings is 1. The second-order valence-corrected chi connectivity index (χ2v) is 9.94. The Morgan fingerprint density at radius 3 is 2.75 bits per heavy atom. The molecule has 0 saturated heterocycles. The number of hydrazone groups is 1. The number of amides is 1. The number of nitrogens with zero attached hydrogens (tertiary/aromatic N) is 8. The van der Waals surface area contributed by atoms with Crippen LogP contribution in [-0.2, 0) is 5.75 Å². The predicted molar refractivity (Wildman–Crippen MR) is 139 cm³/mol. The number of anilines is 2. The average Bonchev–Trinajstić information content (AvgIpc) is 3.60. The van der Waals surface area contributed by atoms with E-state index < -0.39 is 5.91 Å². The van der Waals surface area contributed by atoms with Crippen molar-refractivity contribution in [2.45, 2.75) is 10.1 Å². The zero-order valence-corrected chi connectivity index (χ0v) is 20.8. The van der Waals surface area contributed by atoms with Crippen molar-refractivity contribution in [1.82, 2.24) is 35.7 Å². The molecule has 5 rings (SSSR count). The van der Waals surface area contributed by atoms with Gasteiger partial charge in [-0.25, -0.2) is 15.0 Å². The van der Waals surface area contributed by atoms with Crippen molar-refractivity contribution in [2.75, 3.05) is 24.7 Å². The van der Waals surface area contributed by atoms with Crippen LogP contribution >= 0.6 is 23.1 Å². The van der Waals surface area contributed by atoms with Gasteiger partial charge in [0.1, 0.15) is 0 Å². The summed E-state index contributed by atoms with van der Waals surface area (Å²) >= 11 is 3.00. The maximum atomic E-state index is 13.0.